The van der Waals surface area contributed by atoms with E-state index in [1.165, 1.54) is 11.1 Å². The number of benzene rings is 1. The van der Waals surface area contributed by atoms with Crippen molar-refractivity contribution in [3.8, 4) is 17.0 Å². The quantitative estimate of drug-likeness (QED) is 0.341. The summed E-state index contributed by atoms with van der Waals surface area (Å²) in [5.41, 5.74) is 4.02. The van der Waals surface area contributed by atoms with E-state index in [0.29, 0.717) is 19.0 Å². The molecule has 0 aliphatic carbocycles. The van der Waals surface area contributed by atoms with Crippen molar-refractivity contribution in [1.82, 2.24) is 9.88 Å². The molecule has 1 aromatic carbocycles. The number of hydrogen-bond donors (Lipinski definition) is 0. The summed E-state index contributed by atoms with van der Waals surface area (Å²) in [7, 11) is 1.77. The molecule has 1 amide bonds. The van der Waals surface area contributed by atoms with Gasteiger partial charge in [0.1, 0.15) is 11.4 Å². The smallest absolute Gasteiger partial charge is 0.410 e. The third-order valence-corrected chi connectivity index (χ3v) is 7.23. The Labute approximate surface area is 231 Å². The number of likely N-dealkylation sites (tertiary alicyclic amines) is 1. The number of nitrogens with zero attached hydrogens (tertiary/aromatic N) is 2. The summed E-state index contributed by atoms with van der Waals surface area (Å²) >= 11 is 4.67. The molecule has 1 aromatic heterocycles. The fraction of sp³-hybridized carbons (Fsp3) is 0.655. The molecular weight excluding hydrogens is 536 g/mol. The lowest BCUT2D eigenvalue weighted by atomic mass is 9.78. The lowest BCUT2D eigenvalue weighted by Crippen LogP contribution is -2.41. The van der Waals surface area contributed by atoms with E-state index in [1.54, 1.807) is 18.4 Å². The number of amides is 1. The maximum absolute atomic E-state index is 12.4. The second-order valence-electron chi connectivity index (χ2n) is 12.4. The van der Waals surface area contributed by atoms with Gasteiger partial charge in [0.15, 0.2) is 0 Å². The molecule has 3 rings (SSSR count). The van der Waals surface area contributed by atoms with Gasteiger partial charge in [-0.3, -0.25) is 0 Å². The number of carbonyl (C=O) groups excluding carboxylic acids is 1. The van der Waals surface area contributed by atoms with Crippen molar-refractivity contribution >= 4 is 33.4 Å². The largest absolute Gasteiger partial charge is 0.496 e. The van der Waals surface area contributed by atoms with Crippen molar-refractivity contribution in [3.05, 3.63) is 33.6 Å². The molecule has 2 aromatic rings. The topological polar surface area (TPSA) is 51.7 Å². The highest BCUT2D eigenvalue weighted by molar-refractivity contribution is 9.08. The van der Waals surface area contributed by atoms with E-state index in [1.807, 2.05) is 31.5 Å². The van der Waals surface area contributed by atoms with Gasteiger partial charge in [0.25, 0.3) is 0 Å². The van der Waals surface area contributed by atoms with Crippen LogP contribution in [0.1, 0.15) is 97.2 Å². The Bertz CT molecular complexity index is 985. The van der Waals surface area contributed by atoms with Gasteiger partial charge >= 0.3 is 6.09 Å². The van der Waals surface area contributed by atoms with E-state index >= 15 is 0 Å². The van der Waals surface area contributed by atoms with Crippen LogP contribution in [-0.2, 0) is 15.6 Å². The molecule has 0 unspecified atom stereocenters. The van der Waals surface area contributed by atoms with Crippen molar-refractivity contribution in [2.24, 2.45) is 0 Å². The van der Waals surface area contributed by atoms with Crippen molar-refractivity contribution in [2.75, 3.05) is 26.0 Å². The molecule has 2 heterocycles. The summed E-state index contributed by atoms with van der Waals surface area (Å²) in [6, 6.07) is 4.50. The van der Waals surface area contributed by atoms with Gasteiger partial charge in [-0.25, -0.2) is 9.78 Å². The number of halogens is 1. The first-order chi connectivity index (χ1) is 16.6. The average molecular weight is 582 g/mol. The normalized spacial score (nSPS) is 15.3. The number of thiazole rings is 1. The van der Waals surface area contributed by atoms with E-state index < -0.39 is 5.60 Å². The standard InChI is InChI=1S/C28H42N2O3S.CH3Br/c1-26(2,3)20-15-19(16-21(23(20)32-10)27(4,5)6)22-17-34-24(29-22)18-11-13-30(14-12-18)25(31)33-28(7,8)9;1-2/h15-18H,11-14H2,1-10H3;1H3. The Morgan fingerprint density at radius 3 is 1.89 bits per heavy atom. The first-order valence-electron chi connectivity index (χ1n) is 12.6. The van der Waals surface area contributed by atoms with E-state index in [9.17, 15) is 4.79 Å². The molecule has 0 atom stereocenters. The predicted molar refractivity (Wildman–Crippen MR) is 156 cm³/mol. The predicted octanol–water partition coefficient (Wildman–Crippen LogP) is 8.54. The highest BCUT2D eigenvalue weighted by Crippen LogP contribution is 2.43. The van der Waals surface area contributed by atoms with Crippen molar-refractivity contribution in [2.45, 2.75) is 97.5 Å². The van der Waals surface area contributed by atoms with Crippen molar-refractivity contribution in [1.29, 1.82) is 0 Å². The number of alkyl halides is 1. The third-order valence-electron chi connectivity index (χ3n) is 6.22. The summed E-state index contributed by atoms with van der Waals surface area (Å²) in [4.78, 5) is 19.3. The van der Waals surface area contributed by atoms with Crippen molar-refractivity contribution < 1.29 is 14.3 Å². The Hall–Kier alpha value is -1.60. The van der Waals surface area contributed by atoms with Crippen LogP contribution in [-0.4, -0.2) is 47.6 Å². The maximum Gasteiger partial charge on any atom is 0.410 e. The number of ether oxygens (including phenoxy) is 2. The first-order valence-corrected chi connectivity index (χ1v) is 15.1. The van der Waals surface area contributed by atoms with Gasteiger partial charge in [0, 0.05) is 41.1 Å². The molecule has 1 fully saturated rings. The Balaban J connectivity index is 0.00000222. The molecular formula is C29H45BrN2O3S. The van der Waals surface area contributed by atoms with Crippen LogP contribution in [0, 0.1) is 0 Å². The Kier molecular flexibility index (Phi) is 10.1. The molecule has 202 valence electrons. The lowest BCUT2D eigenvalue weighted by Gasteiger charge is -2.32. The SMILES string of the molecule is CBr.COc1c(C(C)(C)C)cc(-c2csc(C3CCN(C(=O)OC(C)(C)C)CC3)n2)cc1C(C)(C)C. The summed E-state index contributed by atoms with van der Waals surface area (Å²) in [6.45, 7) is 20.5. The first kappa shape index (κ1) is 30.6. The van der Waals surface area contributed by atoms with Gasteiger partial charge in [0.2, 0.25) is 0 Å². The number of carbonyl (C=O) groups is 1. The number of rotatable bonds is 3. The van der Waals surface area contributed by atoms with Gasteiger partial charge < -0.3 is 14.4 Å². The highest BCUT2D eigenvalue weighted by atomic mass is 79.9. The van der Waals surface area contributed by atoms with Crippen LogP contribution in [0.5, 0.6) is 5.75 Å². The summed E-state index contributed by atoms with van der Waals surface area (Å²) in [6.07, 6.45) is 1.61. The fourth-order valence-electron chi connectivity index (χ4n) is 4.35. The zero-order valence-electron chi connectivity index (χ0n) is 24.0. The molecule has 1 aliphatic rings. The number of aromatic nitrogens is 1. The molecule has 0 radical (unpaired) electrons. The van der Waals surface area contributed by atoms with Crippen LogP contribution < -0.4 is 4.74 Å². The minimum atomic E-state index is -0.464. The van der Waals surface area contributed by atoms with E-state index in [2.05, 4.69) is 75.0 Å². The van der Waals surface area contributed by atoms with Crippen molar-refractivity contribution in [3.63, 3.8) is 0 Å². The second kappa shape index (κ2) is 11.8. The van der Waals surface area contributed by atoms with Gasteiger partial charge in [-0.1, -0.05) is 57.5 Å². The molecule has 0 saturated carbocycles. The zero-order valence-corrected chi connectivity index (χ0v) is 26.4. The third kappa shape index (κ3) is 7.70. The molecule has 1 saturated heterocycles. The highest BCUT2D eigenvalue weighted by Gasteiger charge is 2.30. The molecule has 7 heteroatoms. The van der Waals surface area contributed by atoms with Crippen LogP contribution in [0.3, 0.4) is 0 Å². The maximum atomic E-state index is 12.4. The summed E-state index contributed by atoms with van der Waals surface area (Å²) in [5.74, 6) is 3.17. The monoisotopic (exact) mass is 580 g/mol. The molecule has 1 aliphatic heterocycles. The van der Waals surface area contributed by atoms with Crippen LogP contribution >= 0.6 is 27.3 Å². The van der Waals surface area contributed by atoms with Crippen LogP contribution in [0.15, 0.2) is 17.5 Å². The lowest BCUT2D eigenvalue weighted by molar-refractivity contribution is 0.0205. The number of hydrogen-bond acceptors (Lipinski definition) is 5. The molecule has 0 spiro atoms. The number of piperidine rings is 1. The van der Waals surface area contributed by atoms with E-state index in [-0.39, 0.29) is 16.9 Å². The molecule has 0 N–H and O–H groups in total. The van der Waals surface area contributed by atoms with E-state index in [0.717, 1.165) is 34.9 Å². The minimum absolute atomic E-state index is 0.0469. The molecule has 0 bridgehead atoms. The molecule has 36 heavy (non-hydrogen) atoms. The van der Waals surface area contributed by atoms with E-state index in [4.69, 9.17) is 14.5 Å². The van der Waals surface area contributed by atoms with Gasteiger partial charge in [-0.05, 0) is 62.4 Å². The van der Waals surface area contributed by atoms with Gasteiger partial charge in [-0.15, -0.1) is 11.3 Å². The van der Waals surface area contributed by atoms with Gasteiger partial charge in [0.05, 0.1) is 17.8 Å². The minimum Gasteiger partial charge on any atom is -0.496 e. The van der Waals surface area contributed by atoms with Crippen LogP contribution in [0.2, 0.25) is 0 Å². The summed E-state index contributed by atoms with van der Waals surface area (Å²) < 4.78 is 11.5. The number of methoxy groups -OCH3 is 1. The van der Waals surface area contributed by atoms with Gasteiger partial charge in [-0.2, -0.15) is 0 Å². The zero-order chi connectivity index (χ0) is 27.5. The molecule has 5 nitrogen and oxygen atoms in total. The van der Waals surface area contributed by atoms with Crippen LogP contribution in [0.25, 0.3) is 11.3 Å². The second-order valence-corrected chi connectivity index (χ2v) is 13.3. The Morgan fingerprint density at radius 1 is 0.972 bits per heavy atom. The summed E-state index contributed by atoms with van der Waals surface area (Å²) in [5, 5.41) is 3.33. The average Bonchev–Trinajstić information content (AvgIpc) is 3.27. The Morgan fingerprint density at radius 2 is 1.47 bits per heavy atom. The van der Waals surface area contributed by atoms with Crippen LogP contribution in [0.4, 0.5) is 4.79 Å². The fourth-order valence-corrected chi connectivity index (χ4v) is 5.35.